The number of hydrogen-bond donors (Lipinski definition) is 2. The summed E-state index contributed by atoms with van der Waals surface area (Å²) in [6.07, 6.45) is 4.64. The highest BCUT2D eigenvalue weighted by Gasteiger charge is 2.32. The number of hydrogen-bond acceptors (Lipinski definition) is 2. The number of nitrogens with zero attached hydrogens (tertiary/aromatic N) is 1. The van der Waals surface area contributed by atoms with Crippen LogP contribution in [0, 0.1) is 0 Å². The molecule has 1 atom stereocenters. The third-order valence-electron chi connectivity index (χ3n) is 5.88. The first kappa shape index (κ1) is 15.6. The van der Waals surface area contributed by atoms with Crippen molar-refractivity contribution in [1.29, 1.82) is 0 Å². The molecule has 4 nitrogen and oxygen atoms in total. The summed E-state index contributed by atoms with van der Waals surface area (Å²) in [5, 5.41) is 10.9. The van der Waals surface area contributed by atoms with Crippen LogP contribution in [0.1, 0.15) is 45.9 Å². The van der Waals surface area contributed by atoms with Crippen molar-refractivity contribution in [2.24, 2.45) is 0 Å². The molecule has 1 amide bonds. The van der Waals surface area contributed by atoms with Crippen molar-refractivity contribution >= 4 is 22.5 Å². The van der Waals surface area contributed by atoms with Gasteiger partial charge in [-0.3, -0.25) is 4.79 Å². The van der Waals surface area contributed by atoms with Gasteiger partial charge in [0.2, 0.25) is 0 Å². The molecular weight excluding hydrogens is 324 g/mol. The van der Waals surface area contributed by atoms with Gasteiger partial charge in [-0.2, -0.15) is 0 Å². The summed E-state index contributed by atoms with van der Waals surface area (Å²) in [6, 6.07) is 13.9. The minimum atomic E-state index is -0.00102. The number of anilines is 1. The molecule has 0 radical (unpaired) electrons. The minimum absolute atomic E-state index is 0.00102. The van der Waals surface area contributed by atoms with Crippen LogP contribution in [0.25, 0.3) is 10.9 Å². The summed E-state index contributed by atoms with van der Waals surface area (Å²) in [5.74, 6) is 0.0139. The molecule has 2 aliphatic rings. The van der Waals surface area contributed by atoms with Gasteiger partial charge in [-0.15, -0.1) is 0 Å². The van der Waals surface area contributed by atoms with Crippen molar-refractivity contribution < 1.29 is 9.90 Å². The van der Waals surface area contributed by atoms with Crippen LogP contribution < -0.4 is 4.90 Å². The SMILES string of the molecule is O=C(c1ccc2[nH]c3c(c2c1)CCCC3)N1CC(CO)c2ccccc21. The number of rotatable bonds is 2. The van der Waals surface area contributed by atoms with Gasteiger partial charge < -0.3 is 15.0 Å². The molecule has 0 fully saturated rings. The van der Waals surface area contributed by atoms with Crippen LogP contribution in [0.4, 0.5) is 5.69 Å². The average molecular weight is 346 g/mol. The van der Waals surface area contributed by atoms with Crippen LogP contribution in [0.2, 0.25) is 0 Å². The normalized spacial score (nSPS) is 18.8. The van der Waals surface area contributed by atoms with E-state index in [1.54, 1.807) is 0 Å². The van der Waals surface area contributed by atoms with Crippen LogP contribution in [0.3, 0.4) is 0 Å². The lowest BCUT2D eigenvalue weighted by Gasteiger charge is -2.18. The molecule has 2 heterocycles. The number of carbonyl (C=O) groups is 1. The van der Waals surface area contributed by atoms with Crippen molar-refractivity contribution in [3.05, 3.63) is 64.8 Å². The summed E-state index contributed by atoms with van der Waals surface area (Å²) in [6.45, 7) is 0.600. The molecular formula is C22H22N2O2. The molecule has 0 bridgehead atoms. The zero-order valence-electron chi connectivity index (χ0n) is 14.7. The second-order valence-electron chi connectivity index (χ2n) is 7.40. The summed E-state index contributed by atoms with van der Waals surface area (Å²) < 4.78 is 0. The van der Waals surface area contributed by atoms with E-state index in [9.17, 15) is 9.90 Å². The maximum atomic E-state index is 13.2. The summed E-state index contributed by atoms with van der Waals surface area (Å²) in [7, 11) is 0. The first-order valence-corrected chi connectivity index (χ1v) is 9.41. The van der Waals surface area contributed by atoms with Gasteiger partial charge in [0.05, 0.1) is 6.61 Å². The first-order chi connectivity index (χ1) is 12.8. The largest absolute Gasteiger partial charge is 0.396 e. The van der Waals surface area contributed by atoms with Crippen molar-refractivity contribution in [2.75, 3.05) is 18.1 Å². The van der Waals surface area contributed by atoms with Crippen molar-refractivity contribution in [3.8, 4) is 0 Å². The van der Waals surface area contributed by atoms with Crippen molar-refractivity contribution in [1.82, 2.24) is 4.98 Å². The fourth-order valence-electron chi connectivity index (χ4n) is 4.54. The van der Waals surface area contributed by atoms with E-state index in [1.165, 1.54) is 29.5 Å². The number of aromatic amines is 1. The smallest absolute Gasteiger partial charge is 0.258 e. The third-order valence-corrected chi connectivity index (χ3v) is 5.88. The minimum Gasteiger partial charge on any atom is -0.396 e. The maximum Gasteiger partial charge on any atom is 0.258 e. The number of aromatic nitrogens is 1. The maximum absolute atomic E-state index is 13.2. The number of para-hydroxylation sites is 1. The molecule has 2 aromatic carbocycles. The Hall–Kier alpha value is -2.59. The van der Waals surface area contributed by atoms with Gasteiger partial charge in [-0.05, 0) is 61.1 Å². The lowest BCUT2D eigenvalue weighted by molar-refractivity contribution is 0.0987. The Bertz CT molecular complexity index is 1000. The Balaban J connectivity index is 1.55. The number of nitrogens with one attached hydrogen (secondary N) is 1. The van der Waals surface area contributed by atoms with E-state index in [0.717, 1.165) is 35.2 Å². The number of H-pyrrole nitrogens is 1. The predicted octanol–water partition coefficient (Wildman–Crippen LogP) is 3.78. The second kappa shape index (κ2) is 5.99. The fraction of sp³-hybridized carbons (Fsp3) is 0.318. The van der Waals surface area contributed by atoms with E-state index >= 15 is 0 Å². The Morgan fingerprint density at radius 1 is 1.15 bits per heavy atom. The van der Waals surface area contributed by atoms with E-state index < -0.39 is 0 Å². The van der Waals surface area contributed by atoms with E-state index in [0.29, 0.717) is 6.54 Å². The average Bonchev–Trinajstić information content (AvgIpc) is 3.25. The van der Waals surface area contributed by atoms with E-state index in [4.69, 9.17) is 0 Å². The molecule has 5 rings (SSSR count). The number of benzene rings is 2. The zero-order valence-corrected chi connectivity index (χ0v) is 14.7. The molecule has 1 aliphatic heterocycles. The zero-order chi connectivity index (χ0) is 17.7. The molecule has 0 saturated heterocycles. The number of amides is 1. The van der Waals surface area contributed by atoms with Crippen LogP contribution in [-0.4, -0.2) is 29.1 Å². The Kier molecular flexibility index (Phi) is 3.61. The van der Waals surface area contributed by atoms with Crippen molar-refractivity contribution in [2.45, 2.75) is 31.6 Å². The molecule has 1 aromatic heterocycles. The number of carbonyl (C=O) groups excluding carboxylic acids is 1. The molecule has 2 N–H and O–H groups in total. The van der Waals surface area contributed by atoms with Gasteiger partial charge in [0.25, 0.3) is 5.91 Å². The number of fused-ring (bicyclic) bond motifs is 4. The van der Waals surface area contributed by atoms with Crippen LogP contribution in [0.5, 0.6) is 0 Å². The van der Waals surface area contributed by atoms with E-state index in [-0.39, 0.29) is 18.4 Å². The Morgan fingerprint density at radius 3 is 2.88 bits per heavy atom. The van der Waals surface area contributed by atoms with Gasteiger partial charge in [0.1, 0.15) is 0 Å². The van der Waals surface area contributed by atoms with Gasteiger partial charge in [0, 0.05) is 40.3 Å². The van der Waals surface area contributed by atoms with Gasteiger partial charge in [-0.25, -0.2) is 0 Å². The highest BCUT2D eigenvalue weighted by atomic mass is 16.3. The molecule has 4 heteroatoms. The third kappa shape index (κ3) is 2.29. The molecule has 1 aliphatic carbocycles. The second-order valence-corrected chi connectivity index (χ2v) is 7.40. The van der Waals surface area contributed by atoms with Gasteiger partial charge in [0.15, 0.2) is 0 Å². The number of aryl methyl sites for hydroxylation is 2. The van der Waals surface area contributed by atoms with Gasteiger partial charge >= 0.3 is 0 Å². The van der Waals surface area contributed by atoms with Crippen LogP contribution in [0.15, 0.2) is 42.5 Å². The topological polar surface area (TPSA) is 56.3 Å². The first-order valence-electron chi connectivity index (χ1n) is 9.41. The van der Waals surface area contributed by atoms with E-state index in [2.05, 4.69) is 4.98 Å². The fourth-order valence-corrected chi connectivity index (χ4v) is 4.54. The number of aliphatic hydroxyl groups excluding tert-OH is 1. The predicted molar refractivity (Wildman–Crippen MR) is 103 cm³/mol. The lowest BCUT2D eigenvalue weighted by atomic mass is 9.95. The standard InChI is InChI=1S/C22H22N2O2/c25-13-15-12-24(21-8-4-2-5-16(15)21)22(26)14-9-10-20-18(11-14)17-6-1-3-7-19(17)23-20/h2,4-5,8-11,15,23,25H,1,3,6-7,12-13H2. The quantitative estimate of drug-likeness (QED) is 0.742. The molecule has 0 saturated carbocycles. The molecule has 132 valence electrons. The Morgan fingerprint density at radius 2 is 2.00 bits per heavy atom. The van der Waals surface area contributed by atoms with Gasteiger partial charge in [-0.1, -0.05) is 18.2 Å². The van der Waals surface area contributed by atoms with Crippen LogP contribution in [-0.2, 0) is 12.8 Å². The number of aliphatic hydroxyl groups is 1. The van der Waals surface area contributed by atoms with Crippen LogP contribution >= 0.6 is 0 Å². The lowest BCUT2D eigenvalue weighted by Crippen LogP contribution is -2.30. The molecule has 26 heavy (non-hydrogen) atoms. The summed E-state index contributed by atoms with van der Waals surface area (Å²) >= 11 is 0. The monoisotopic (exact) mass is 346 g/mol. The highest BCUT2D eigenvalue weighted by Crippen LogP contribution is 2.37. The van der Waals surface area contributed by atoms with Crippen molar-refractivity contribution in [3.63, 3.8) is 0 Å². The summed E-state index contributed by atoms with van der Waals surface area (Å²) in [5.41, 5.74) is 6.55. The molecule has 1 unspecified atom stereocenters. The Labute approximate surface area is 152 Å². The molecule has 0 spiro atoms. The highest BCUT2D eigenvalue weighted by molar-refractivity contribution is 6.09. The van der Waals surface area contributed by atoms with E-state index in [1.807, 2.05) is 47.4 Å². The molecule has 3 aromatic rings. The summed E-state index contributed by atoms with van der Waals surface area (Å²) in [4.78, 5) is 18.6.